The van der Waals surface area contributed by atoms with Crippen LogP contribution in [-0.4, -0.2) is 23.0 Å². The van der Waals surface area contributed by atoms with Crippen LogP contribution in [0.5, 0.6) is 0 Å². The zero-order valence-electron chi connectivity index (χ0n) is 18.1. The van der Waals surface area contributed by atoms with Gasteiger partial charge < -0.3 is 10.4 Å². The van der Waals surface area contributed by atoms with Gasteiger partial charge in [-0.15, -0.1) is 11.3 Å². The third-order valence-corrected chi connectivity index (χ3v) is 8.51. The molecule has 5 rings (SSSR count). The Morgan fingerprint density at radius 3 is 2.84 bits per heavy atom. The Labute approximate surface area is 186 Å². The molecule has 0 spiro atoms. The number of rotatable bonds is 8. The van der Waals surface area contributed by atoms with Gasteiger partial charge in [-0.05, 0) is 73.5 Å². The van der Waals surface area contributed by atoms with Crippen LogP contribution in [0.2, 0.25) is 0 Å². The normalized spacial score (nSPS) is 26.7. The number of benzene rings is 1. The van der Waals surface area contributed by atoms with Crippen molar-refractivity contribution in [3.63, 3.8) is 0 Å². The van der Waals surface area contributed by atoms with Gasteiger partial charge in [-0.1, -0.05) is 26.0 Å². The smallest absolute Gasteiger partial charge is 0.303 e. The number of carbonyl (C=O) groups excluding carboxylic acids is 1. The van der Waals surface area contributed by atoms with Crippen LogP contribution in [0.15, 0.2) is 35.7 Å². The summed E-state index contributed by atoms with van der Waals surface area (Å²) < 4.78 is 14.6. The van der Waals surface area contributed by atoms with Crippen molar-refractivity contribution >= 4 is 33.3 Å². The second-order valence-corrected chi connectivity index (χ2v) is 10.5. The van der Waals surface area contributed by atoms with E-state index >= 15 is 0 Å². The average Bonchev–Trinajstić information content (AvgIpc) is 3.13. The third-order valence-electron chi connectivity index (χ3n) is 7.55. The number of unbranched alkanes of at least 4 members (excludes halogenated alkanes) is 1. The lowest BCUT2D eigenvalue weighted by Crippen LogP contribution is -2.61. The van der Waals surface area contributed by atoms with Crippen molar-refractivity contribution in [2.24, 2.45) is 23.2 Å². The Hall–Kier alpha value is -2.21. The lowest BCUT2D eigenvalue weighted by molar-refractivity contribution is -0.137. The van der Waals surface area contributed by atoms with E-state index in [9.17, 15) is 14.0 Å². The number of amides is 1. The quantitative estimate of drug-likeness (QED) is 0.387. The molecule has 1 heterocycles. The number of hydrogen-bond acceptors (Lipinski definition) is 3. The standard InChI is InChI=1S/C25H30FNO3S/c1-25(2)15-11-20(25)17(7-5-3-4-6-8-23(28)29)21(12-15)27-24(30)19-14-31-22-10-9-16(26)13-18(19)22/h3,5,9-10,13-15,17,20-21H,4,6-8,11-12H2,1-2H3,(H,27,30)(H,28,29)/b5-3-/t15-,17+,20+,21+/m1/s1. The molecule has 4 atom stereocenters. The van der Waals surface area contributed by atoms with E-state index in [1.165, 1.54) is 29.9 Å². The summed E-state index contributed by atoms with van der Waals surface area (Å²) in [6, 6.07) is 4.70. The molecule has 4 nitrogen and oxygen atoms in total. The summed E-state index contributed by atoms with van der Waals surface area (Å²) in [7, 11) is 0. The Morgan fingerprint density at radius 2 is 2.10 bits per heavy atom. The second-order valence-electron chi connectivity index (χ2n) is 9.62. The number of carboxylic acid groups (broad SMARTS) is 1. The van der Waals surface area contributed by atoms with Gasteiger partial charge in [-0.3, -0.25) is 9.59 Å². The van der Waals surface area contributed by atoms with E-state index < -0.39 is 5.97 Å². The summed E-state index contributed by atoms with van der Waals surface area (Å²) in [6.45, 7) is 4.67. The summed E-state index contributed by atoms with van der Waals surface area (Å²) in [4.78, 5) is 23.8. The summed E-state index contributed by atoms with van der Waals surface area (Å²) >= 11 is 1.47. The molecule has 3 aliphatic carbocycles. The van der Waals surface area contributed by atoms with E-state index in [2.05, 4.69) is 31.3 Å². The lowest BCUT2D eigenvalue weighted by atomic mass is 9.44. The maximum Gasteiger partial charge on any atom is 0.303 e. The molecule has 2 bridgehead atoms. The van der Waals surface area contributed by atoms with E-state index in [0.717, 1.165) is 24.0 Å². The Bertz CT molecular complexity index is 1010. The van der Waals surface area contributed by atoms with E-state index in [1.54, 1.807) is 6.07 Å². The van der Waals surface area contributed by atoms with Crippen LogP contribution in [-0.2, 0) is 4.79 Å². The fourth-order valence-electron chi connectivity index (χ4n) is 5.60. The van der Waals surface area contributed by atoms with Crippen LogP contribution < -0.4 is 5.32 Å². The minimum atomic E-state index is -0.758. The molecular weight excluding hydrogens is 413 g/mol. The predicted molar refractivity (Wildman–Crippen MR) is 122 cm³/mol. The van der Waals surface area contributed by atoms with Crippen LogP contribution in [0.1, 0.15) is 62.7 Å². The molecule has 6 heteroatoms. The number of halogens is 1. The van der Waals surface area contributed by atoms with Crippen LogP contribution in [0.25, 0.3) is 10.1 Å². The monoisotopic (exact) mass is 443 g/mol. The molecule has 0 radical (unpaired) electrons. The van der Waals surface area contributed by atoms with E-state index in [4.69, 9.17) is 5.11 Å². The molecule has 3 saturated carbocycles. The van der Waals surface area contributed by atoms with Gasteiger partial charge in [0.05, 0.1) is 5.56 Å². The zero-order chi connectivity index (χ0) is 22.2. The second kappa shape index (κ2) is 8.73. The molecule has 1 aromatic heterocycles. The molecule has 1 aromatic carbocycles. The Kier molecular flexibility index (Phi) is 6.20. The number of carbonyl (C=O) groups is 2. The Morgan fingerprint density at radius 1 is 1.29 bits per heavy atom. The zero-order valence-corrected chi connectivity index (χ0v) is 18.9. The highest BCUT2D eigenvalue weighted by Crippen LogP contribution is 2.62. The van der Waals surface area contributed by atoms with Crippen molar-refractivity contribution in [2.75, 3.05) is 0 Å². The van der Waals surface area contributed by atoms with Crippen molar-refractivity contribution in [3.8, 4) is 0 Å². The van der Waals surface area contributed by atoms with Gasteiger partial charge in [0.15, 0.2) is 0 Å². The SMILES string of the molecule is CC1(C)[C@H]2C[C@H](NC(=O)c3csc4ccc(F)cc34)[C@@H](C/C=C\CCCC(=O)O)[C@@H]1C2. The van der Waals surface area contributed by atoms with Crippen LogP contribution in [0.3, 0.4) is 0 Å². The van der Waals surface area contributed by atoms with Crippen molar-refractivity contribution in [3.05, 3.63) is 47.1 Å². The van der Waals surface area contributed by atoms with Gasteiger partial charge >= 0.3 is 5.97 Å². The number of hydrogen-bond donors (Lipinski definition) is 2. The number of allylic oxidation sites excluding steroid dienone is 2. The molecule has 0 saturated heterocycles. The summed E-state index contributed by atoms with van der Waals surface area (Å²) in [5.41, 5.74) is 0.849. The fourth-order valence-corrected chi connectivity index (χ4v) is 6.53. The Balaban J connectivity index is 1.45. The third kappa shape index (κ3) is 4.40. The maximum atomic E-state index is 13.7. The largest absolute Gasteiger partial charge is 0.481 e. The minimum Gasteiger partial charge on any atom is -0.481 e. The van der Waals surface area contributed by atoms with Crippen molar-refractivity contribution in [1.29, 1.82) is 0 Å². The van der Waals surface area contributed by atoms with Gasteiger partial charge in [0.25, 0.3) is 5.91 Å². The lowest BCUT2D eigenvalue weighted by Gasteiger charge is -2.62. The molecular formula is C25H30FNO3S. The van der Waals surface area contributed by atoms with Gasteiger partial charge in [0.2, 0.25) is 0 Å². The molecule has 31 heavy (non-hydrogen) atoms. The van der Waals surface area contributed by atoms with Crippen LogP contribution in [0.4, 0.5) is 4.39 Å². The van der Waals surface area contributed by atoms with E-state index in [1.807, 2.05) is 5.38 Å². The van der Waals surface area contributed by atoms with Crippen LogP contribution >= 0.6 is 11.3 Å². The minimum absolute atomic E-state index is 0.108. The number of carboxylic acids is 1. The first kappa shape index (κ1) is 22.0. The number of thiophene rings is 1. The summed E-state index contributed by atoms with van der Waals surface area (Å²) in [5, 5.41) is 14.6. The van der Waals surface area contributed by atoms with Gasteiger partial charge in [-0.2, -0.15) is 0 Å². The van der Waals surface area contributed by atoms with Crippen molar-refractivity contribution in [1.82, 2.24) is 5.32 Å². The topological polar surface area (TPSA) is 66.4 Å². The predicted octanol–water partition coefficient (Wildman–Crippen LogP) is 6.02. The molecule has 2 N–H and O–H groups in total. The number of fused-ring (bicyclic) bond motifs is 3. The molecule has 0 unspecified atom stereocenters. The summed E-state index contributed by atoms with van der Waals surface area (Å²) in [5.74, 6) is 0.350. The highest BCUT2D eigenvalue weighted by Gasteiger charge is 2.57. The van der Waals surface area contributed by atoms with Gasteiger partial charge in [-0.25, -0.2) is 4.39 Å². The highest BCUT2D eigenvalue weighted by atomic mass is 32.1. The first-order valence-corrected chi connectivity index (χ1v) is 12.0. The highest BCUT2D eigenvalue weighted by molar-refractivity contribution is 7.17. The maximum absolute atomic E-state index is 13.7. The van der Waals surface area contributed by atoms with Crippen LogP contribution in [0, 0.1) is 29.0 Å². The van der Waals surface area contributed by atoms with E-state index in [-0.39, 0.29) is 24.2 Å². The molecule has 1 amide bonds. The average molecular weight is 444 g/mol. The van der Waals surface area contributed by atoms with Gasteiger partial charge in [0.1, 0.15) is 5.82 Å². The fraction of sp³-hybridized carbons (Fsp3) is 0.520. The molecule has 3 fully saturated rings. The van der Waals surface area contributed by atoms with Gasteiger partial charge in [0, 0.05) is 27.9 Å². The molecule has 2 aromatic rings. The molecule has 166 valence electrons. The number of aliphatic carboxylic acids is 1. The van der Waals surface area contributed by atoms with Crippen molar-refractivity contribution < 1.29 is 19.1 Å². The van der Waals surface area contributed by atoms with E-state index in [0.29, 0.717) is 40.5 Å². The number of nitrogens with one attached hydrogen (secondary N) is 1. The van der Waals surface area contributed by atoms with Crippen molar-refractivity contribution in [2.45, 2.75) is 58.4 Å². The molecule has 3 aliphatic rings. The first-order chi connectivity index (χ1) is 14.8. The summed E-state index contributed by atoms with van der Waals surface area (Å²) in [6.07, 6.45) is 8.92. The first-order valence-electron chi connectivity index (χ1n) is 11.1. The molecule has 0 aliphatic heterocycles.